The van der Waals surface area contributed by atoms with Crippen molar-refractivity contribution in [2.75, 3.05) is 45.8 Å². The molecule has 1 aliphatic heterocycles. The summed E-state index contributed by atoms with van der Waals surface area (Å²) >= 11 is 0. The Kier molecular flexibility index (Phi) is 9.74. The van der Waals surface area contributed by atoms with Gasteiger partial charge in [-0.15, -0.1) is 0 Å². The second-order valence-electron chi connectivity index (χ2n) is 8.85. The topological polar surface area (TPSA) is 90.4 Å². The smallest absolute Gasteiger partial charge is 0.410 e. The fraction of sp³-hybridized carbons (Fsp3) is 0.652. The summed E-state index contributed by atoms with van der Waals surface area (Å²) < 4.78 is 5.59. The van der Waals surface area contributed by atoms with Crippen molar-refractivity contribution in [1.29, 1.82) is 0 Å². The number of nitrogens with one attached hydrogen (secondary N) is 1. The zero-order chi connectivity index (χ0) is 23.6. The standard InChI is InChI=1S/C23H38N6O3/c1-6-25-21(28-15-13-27(14-16-28)19(2)30)26-11-8-12-29(22(31)32-23(3,4)5)18-20-9-7-10-24-17-20/h7,9-10,17H,6,8,11-16,18H2,1-5H3,(H,25,26). The molecule has 9 heteroatoms. The van der Waals surface area contributed by atoms with E-state index in [1.165, 1.54) is 0 Å². The van der Waals surface area contributed by atoms with Gasteiger partial charge in [0.2, 0.25) is 5.91 Å². The van der Waals surface area contributed by atoms with Crippen molar-refractivity contribution in [2.45, 2.75) is 53.2 Å². The van der Waals surface area contributed by atoms with Gasteiger partial charge in [0.05, 0.1) is 6.54 Å². The molecule has 0 saturated carbocycles. The second-order valence-corrected chi connectivity index (χ2v) is 8.85. The highest BCUT2D eigenvalue weighted by atomic mass is 16.6. The molecule has 2 heterocycles. The van der Waals surface area contributed by atoms with Gasteiger partial charge in [-0.3, -0.25) is 14.8 Å². The van der Waals surface area contributed by atoms with Crippen LogP contribution in [0.15, 0.2) is 29.5 Å². The Hall–Kier alpha value is -2.84. The number of amides is 2. The molecule has 0 radical (unpaired) electrons. The lowest BCUT2D eigenvalue weighted by Crippen LogP contribution is -2.53. The van der Waals surface area contributed by atoms with Gasteiger partial charge in [0, 0.05) is 65.1 Å². The molecule has 0 bridgehead atoms. The third-order valence-corrected chi connectivity index (χ3v) is 4.96. The van der Waals surface area contributed by atoms with E-state index in [0.717, 1.165) is 31.2 Å². The number of ether oxygens (including phenoxy) is 1. The molecule has 0 aromatic carbocycles. The van der Waals surface area contributed by atoms with Crippen molar-refractivity contribution in [2.24, 2.45) is 4.99 Å². The molecule has 1 N–H and O–H groups in total. The second kappa shape index (κ2) is 12.3. The molecule has 0 spiro atoms. The van der Waals surface area contributed by atoms with Crippen molar-refractivity contribution >= 4 is 18.0 Å². The normalized spacial score (nSPS) is 14.8. The van der Waals surface area contributed by atoms with Crippen LogP contribution in [0.1, 0.15) is 46.6 Å². The zero-order valence-corrected chi connectivity index (χ0v) is 20.1. The summed E-state index contributed by atoms with van der Waals surface area (Å²) in [6, 6.07) is 3.81. The first-order valence-corrected chi connectivity index (χ1v) is 11.3. The monoisotopic (exact) mass is 446 g/mol. The Morgan fingerprint density at radius 2 is 1.91 bits per heavy atom. The molecule has 0 aliphatic carbocycles. The number of aromatic nitrogens is 1. The van der Waals surface area contributed by atoms with Gasteiger partial charge in [-0.2, -0.15) is 0 Å². The van der Waals surface area contributed by atoms with Crippen LogP contribution in [0, 0.1) is 0 Å². The predicted molar refractivity (Wildman–Crippen MR) is 125 cm³/mol. The van der Waals surface area contributed by atoms with Gasteiger partial charge in [0.1, 0.15) is 5.60 Å². The van der Waals surface area contributed by atoms with Crippen LogP contribution in [0.4, 0.5) is 4.79 Å². The van der Waals surface area contributed by atoms with Crippen LogP contribution < -0.4 is 5.32 Å². The number of guanidine groups is 1. The van der Waals surface area contributed by atoms with Crippen LogP contribution in [0.2, 0.25) is 0 Å². The Labute approximate surface area is 191 Å². The third-order valence-electron chi connectivity index (χ3n) is 4.96. The van der Waals surface area contributed by atoms with E-state index in [2.05, 4.69) is 15.2 Å². The van der Waals surface area contributed by atoms with Crippen molar-refractivity contribution in [3.8, 4) is 0 Å². The molecular weight excluding hydrogens is 408 g/mol. The van der Waals surface area contributed by atoms with Crippen molar-refractivity contribution in [3.05, 3.63) is 30.1 Å². The molecule has 9 nitrogen and oxygen atoms in total. The SMILES string of the molecule is CCNC(=NCCCN(Cc1cccnc1)C(=O)OC(C)(C)C)N1CCN(C(C)=O)CC1. The largest absolute Gasteiger partial charge is 0.444 e. The van der Waals surface area contributed by atoms with Gasteiger partial charge in [-0.1, -0.05) is 6.07 Å². The van der Waals surface area contributed by atoms with Crippen LogP contribution in [-0.4, -0.2) is 89.1 Å². The molecule has 1 aromatic rings. The molecule has 2 rings (SSSR count). The lowest BCUT2D eigenvalue weighted by atomic mass is 10.2. The van der Waals surface area contributed by atoms with Crippen LogP contribution in [0.3, 0.4) is 0 Å². The maximum atomic E-state index is 12.7. The van der Waals surface area contributed by atoms with Crippen molar-refractivity contribution in [3.63, 3.8) is 0 Å². The van der Waals surface area contributed by atoms with Crippen molar-refractivity contribution in [1.82, 2.24) is 25.0 Å². The van der Waals surface area contributed by atoms with Gasteiger partial charge >= 0.3 is 6.09 Å². The fourth-order valence-corrected chi connectivity index (χ4v) is 3.38. The number of pyridine rings is 1. The van der Waals surface area contributed by atoms with Gasteiger partial charge in [0.25, 0.3) is 0 Å². The first-order chi connectivity index (χ1) is 15.2. The Bertz CT molecular complexity index is 755. The van der Waals surface area contributed by atoms with E-state index in [4.69, 9.17) is 9.73 Å². The number of rotatable bonds is 7. The Balaban J connectivity index is 1.95. The number of carbonyl (C=O) groups excluding carboxylic acids is 2. The zero-order valence-electron chi connectivity index (χ0n) is 20.1. The minimum atomic E-state index is -0.553. The highest BCUT2D eigenvalue weighted by Gasteiger charge is 2.23. The summed E-state index contributed by atoms with van der Waals surface area (Å²) in [5, 5.41) is 3.34. The summed E-state index contributed by atoms with van der Waals surface area (Å²) in [5.41, 5.74) is 0.404. The maximum absolute atomic E-state index is 12.7. The average Bonchev–Trinajstić information content (AvgIpc) is 2.74. The molecule has 0 unspecified atom stereocenters. The number of nitrogens with zero attached hydrogens (tertiary/aromatic N) is 5. The van der Waals surface area contributed by atoms with E-state index in [0.29, 0.717) is 39.1 Å². The quantitative estimate of drug-likeness (QED) is 0.393. The summed E-state index contributed by atoms with van der Waals surface area (Å²) in [7, 11) is 0. The third kappa shape index (κ3) is 8.72. The first-order valence-electron chi connectivity index (χ1n) is 11.3. The summed E-state index contributed by atoms with van der Waals surface area (Å²) in [5.74, 6) is 0.967. The van der Waals surface area contributed by atoms with E-state index in [1.54, 1.807) is 24.2 Å². The molecule has 1 aliphatic rings. The number of carbonyl (C=O) groups is 2. The molecule has 1 aromatic heterocycles. The molecule has 2 amide bonds. The van der Waals surface area contributed by atoms with Crippen LogP contribution in [0.5, 0.6) is 0 Å². The lowest BCUT2D eigenvalue weighted by molar-refractivity contribution is -0.130. The summed E-state index contributed by atoms with van der Waals surface area (Å²) in [6.45, 7) is 14.5. The fourth-order valence-electron chi connectivity index (χ4n) is 3.38. The molecular formula is C23H38N6O3. The van der Waals surface area contributed by atoms with Gasteiger partial charge in [0.15, 0.2) is 5.96 Å². The van der Waals surface area contributed by atoms with E-state index in [-0.39, 0.29) is 12.0 Å². The number of piperazine rings is 1. The van der Waals surface area contributed by atoms with Gasteiger partial charge in [-0.25, -0.2) is 4.79 Å². The average molecular weight is 447 g/mol. The maximum Gasteiger partial charge on any atom is 0.410 e. The van der Waals surface area contributed by atoms with Crippen LogP contribution >= 0.6 is 0 Å². The molecule has 1 saturated heterocycles. The van der Waals surface area contributed by atoms with Gasteiger partial charge < -0.3 is 24.8 Å². The first kappa shape index (κ1) is 25.4. The molecule has 32 heavy (non-hydrogen) atoms. The number of hydrogen-bond acceptors (Lipinski definition) is 5. The molecule has 0 atom stereocenters. The van der Waals surface area contributed by atoms with E-state index in [9.17, 15) is 9.59 Å². The van der Waals surface area contributed by atoms with Crippen LogP contribution in [0.25, 0.3) is 0 Å². The highest BCUT2D eigenvalue weighted by molar-refractivity contribution is 5.80. The minimum absolute atomic E-state index is 0.113. The molecule has 178 valence electrons. The Morgan fingerprint density at radius 3 is 2.47 bits per heavy atom. The van der Waals surface area contributed by atoms with E-state index < -0.39 is 5.60 Å². The molecule has 1 fully saturated rings. The highest BCUT2D eigenvalue weighted by Crippen LogP contribution is 2.13. The number of aliphatic imine (C=N–C) groups is 1. The van der Waals surface area contributed by atoms with E-state index in [1.807, 2.05) is 44.7 Å². The Morgan fingerprint density at radius 1 is 1.22 bits per heavy atom. The lowest BCUT2D eigenvalue weighted by Gasteiger charge is -2.36. The number of hydrogen-bond donors (Lipinski definition) is 1. The van der Waals surface area contributed by atoms with Crippen molar-refractivity contribution < 1.29 is 14.3 Å². The minimum Gasteiger partial charge on any atom is -0.444 e. The van der Waals surface area contributed by atoms with E-state index >= 15 is 0 Å². The summed E-state index contributed by atoms with van der Waals surface area (Å²) in [4.78, 5) is 38.9. The predicted octanol–water partition coefficient (Wildman–Crippen LogP) is 2.34. The summed E-state index contributed by atoms with van der Waals surface area (Å²) in [6.07, 6.45) is 3.85. The van der Waals surface area contributed by atoms with Gasteiger partial charge in [-0.05, 0) is 45.7 Å². The van der Waals surface area contributed by atoms with Crippen LogP contribution in [-0.2, 0) is 16.1 Å².